The third-order valence-corrected chi connectivity index (χ3v) is 12.3. The van der Waals surface area contributed by atoms with Gasteiger partial charge in [0.15, 0.2) is 0 Å². The van der Waals surface area contributed by atoms with Crippen LogP contribution in [-0.2, 0) is 0 Å². The van der Waals surface area contributed by atoms with Gasteiger partial charge in [-0.2, -0.15) is 0 Å². The summed E-state index contributed by atoms with van der Waals surface area (Å²) in [5, 5.41) is 0. The minimum absolute atomic E-state index is 1.12. The van der Waals surface area contributed by atoms with Gasteiger partial charge >= 0.3 is 0 Å². The summed E-state index contributed by atoms with van der Waals surface area (Å²) in [5.41, 5.74) is 8.05. The van der Waals surface area contributed by atoms with Crippen LogP contribution in [0.1, 0.15) is 0 Å². The van der Waals surface area contributed by atoms with Crippen LogP contribution < -0.4 is 4.90 Å². The Morgan fingerprint density at radius 1 is 0.386 bits per heavy atom. The Balaban J connectivity index is 1.52. The van der Waals surface area contributed by atoms with Crippen LogP contribution in [-0.4, -0.2) is 9.97 Å². The predicted molar refractivity (Wildman–Crippen MR) is 181 cm³/mol. The molecule has 0 bridgehead atoms. The lowest BCUT2D eigenvalue weighted by Crippen LogP contribution is -2.22. The molecule has 0 spiro atoms. The highest BCUT2D eigenvalue weighted by Crippen LogP contribution is 2.79. The van der Waals surface area contributed by atoms with E-state index in [2.05, 4.69) is 167 Å². The summed E-state index contributed by atoms with van der Waals surface area (Å²) in [6.07, 6.45) is 7.49. The van der Waals surface area contributed by atoms with E-state index in [0.29, 0.717) is 0 Å². The fourth-order valence-electron chi connectivity index (χ4n) is 6.50. The van der Waals surface area contributed by atoms with E-state index in [1.165, 1.54) is 31.0 Å². The van der Waals surface area contributed by atoms with Gasteiger partial charge in [0.1, 0.15) is 0 Å². The molecule has 2 aromatic heterocycles. The van der Waals surface area contributed by atoms with E-state index in [4.69, 9.17) is 0 Å². The number of benzene rings is 5. The number of fused-ring (bicyclic) bond motifs is 2. The molecular formula is C40H29N3S. The van der Waals surface area contributed by atoms with Crippen molar-refractivity contribution in [3.8, 4) is 22.3 Å². The summed E-state index contributed by atoms with van der Waals surface area (Å²) in [6.45, 7) is 0. The third kappa shape index (κ3) is 4.07. The molecule has 0 unspecified atom stereocenters. The number of aromatic nitrogens is 2. The van der Waals surface area contributed by atoms with Crippen LogP contribution in [0.25, 0.3) is 22.3 Å². The Morgan fingerprint density at radius 3 is 1.25 bits per heavy atom. The second kappa shape index (κ2) is 11.0. The SMILES string of the molecule is c1ccc(S2(c3ccccc3)c3ccccc3N(c3c(-c4ccncc4)cccc3-c3ccncc3)c3ccccc32)cc1. The van der Waals surface area contributed by atoms with Gasteiger partial charge in [-0.15, -0.1) is 10.0 Å². The van der Waals surface area contributed by atoms with Crippen LogP contribution in [0.15, 0.2) is 196 Å². The normalized spacial score (nSPS) is 13.9. The van der Waals surface area contributed by atoms with Gasteiger partial charge in [-0.25, -0.2) is 0 Å². The molecular weight excluding hydrogens is 555 g/mol. The van der Waals surface area contributed by atoms with E-state index in [9.17, 15) is 0 Å². The Morgan fingerprint density at radius 2 is 0.795 bits per heavy atom. The van der Waals surface area contributed by atoms with Crippen molar-refractivity contribution in [2.75, 3.05) is 4.90 Å². The predicted octanol–water partition coefficient (Wildman–Crippen LogP) is 10.9. The van der Waals surface area contributed by atoms with Crippen molar-refractivity contribution >= 4 is 27.1 Å². The fraction of sp³-hybridized carbons (Fsp3) is 0. The zero-order valence-corrected chi connectivity index (χ0v) is 24.8. The third-order valence-electron chi connectivity index (χ3n) is 8.31. The lowest BCUT2D eigenvalue weighted by Gasteiger charge is -2.50. The largest absolute Gasteiger partial charge is 0.307 e. The molecule has 0 saturated heterocycles. The van der Waals surface area contributed by atoms with E-state index in [0.717, 1.165) is 27.9 Å². The fourth-order valence-corrected chi connectivity index (χ4v) is 10.7. The highest BCUT2D eigenvalue weighted by Gasteiger charge is 2.43. The molecule has 0 fully saturated rings. The van der Waals surface area contributed by atoms with Gasteiger partial charge in [-0.3, -0.25) is 9.97 Å². The first kappa shape index (κ1) is 26.2. The van der Waals surface area contributed by atoms with Gasteiger partial charge in [0.25, 0.3) is 0 Å². The molecule has 7 aromatic rings. The molecule has 0 aliphatic carbocycles. The van der Waals surface area contributed by atoms with Crippen molar-refractivity contribution in [1.82, 2.24) is 9.97 Å². The highest BCUT2D eigenvalue weighted by molar-refractivity contribution is 8.34. The molecule has 4 heteroatoms. The summed E-state index contributed by atoms with van der Waals surface area (Å²) in [6, 6.07) is 55.1. The van der Waals surface area contributed by atoms with Gasteiger partial charge in [0.05, 0.1) is 17.1 Å². The minimum atomic E-state index is -1.83. The van der Waals surface area contributed by atoms with E-state index >= 15 is 0 Å². The molecule has 0 saturated carbocycles. The monoisotopic (exact) mass is 583 g/mol. The maximum atomic E-state index is 4.33. The molecule has 0 radical (unpaired) electrons. The maximum absolute atomic E-state index is 4.33. The smallest absolute Gasteiger partial charge is 0.0619 e. The molecule has 44 heavy (non-hydrogen) atoms. The number of hydrogen-bond donors (Lipinski definition) is 0. The van der Waals surface area contributed by atoms with Crippen LogP contribution in [0.3, 0.4) is 0 Å². The molecule has 0 amide bonds. The maximum Gasteiger partial charge on any atom is 0.0619 e. The van der Waals surface area contributed by atoms with Crippen molar-refractivity contribution in [1.29, 1.82) is 0 Å². The number of para-hydroxylation sites is 3. The van der Waals surface area contributed by atoms with Crippen LogP contribution in [0, 0.1) is 0 Å². The topological polar surface area (TPSA) is 29.0 Å². The summed E-state index contributed by atoms with van der Waals surface area (Å²) in [5.74, 6) is 0. The molecule has 1 aliphatic rings. The average Bonchev–Trinajstić information content (AvgIpc) is 3.12. The number of nitrogens with zero attached hydrogens (tertiary/aromatic N) is 3. The van der Waals surface area contributed by atoms with Crippen LogP contribution in [0.2, 0.25) is 0 Å². The molecule has 1 aliphatic heterocycles. The molecule has 210 valence electrons. The lowest BCUT2D eigenvalue weighted by molar-refractivity contribution is 1.12. The molecule has 3 heterocycles. The summed E-state index contributed by atoms with van der Waals surface area (Å²) < 4.78 is 0. The first-order valence-corrected chi connectivity index (χ1v) is 16.4. The highest BCUT2D eigenvalue weighted by atomic mass is 32.3. The molecule has 5 aromatic carbocycles. The van der Waals surface area contributed by atoms with Gasteiger partial charge in [-0.05, 0) is 83.9 Å². The van der Waals surface area contributed by atoms with Crippen molar-refractivity contribution in [3.05, 3.63) is 176 Å². The second-order valence-corrected chi connectivity index (χ2v) is 13.7. The van der Waals surface area contributed by atoms with Gasteiger partial charge in [-0.1, -0.05) is 78.9 Å². The molecule has 0 N–H and O–H groups in total. The van der Waals surface area contributed by atoms with E-state index in [-0.39, 0.29) is 0 Å². The first-order chi connectivity index (χ1) is 21.9. The molecule has 8 rings (SSSR count). The summed E-state index contributed by atoms with van der Waals surface area (Å²) in [4.78, 5) is 16.4. The van der Waals surface area contributed by atoms with Crippen molar-refractivity contribution in [3.63, 3.8) is 0 Å². The molecule has 3 nitrogen and oxygen atoms in total. The minimum Gasteiger partial charge on any atom is -0.307 e. The number of hydrogen-bond acceptors (Lipinski definition) is 3. The van der Waals surface area contributed by atoms with E-state index in [1.807, 2.05) is 24.8 Å². The Hall–Kier alpha value is -5.45. The van der Waals surface area contributed by atoms with Gasteiger partial charge < -0.3 is 4.90 Å². The number of rotatable bonds is 5. The Kier molecular flexibility index (Phi) is 6.55. The zero-order chi connectivity index (χ0) is 29.3. The Labute approximate surface area is 259 Å². The van der Waals surface area contributed by atoms with E-state index < -0.39 is 10.0 Å². The quantitative estimate of drug-likeness (QED) is 0.202. The van der Waals surface area contributed by atoms with Crippen molar-refractivity contribution in [2.45, 2.75) is 19.6 Å². The standard InChI is InChI=1S/C40H29N3S/c1-3-12-32(13-4-1)44(33-14-5-2-6-15-33)38-20-9-7-18-36(38)43(37-19-8-10-21-39(37)44)40-34(30-22-26-41-27-23-30)16-11-17-35(40)31-24-28-42-29-25-31/h1-29H. The van der Waals surface area contributed by atoms with Gasteiger partial charge in [0, 0.05) is 55.5 Å². The van der Waals surface area contributed by atoms with Crippen molar-refractivity contribution < 1.29 is 0 Å². The summed E-state index contributed by atoms with van der Waals surface area (Å²) in [7, 11) is -1.83. The average molecular weight is 584 g/mol. The second-order valence-electron chi connectivity index (χ2n) is 10.7. The van der Waals surface area contributed by atoms with Gasteiger partial charge in [0.2, 0.25) is 0 Å². The van der Waals surface area contributed by atoms with E-state index in [1.54, 1.807) is 0 Å². The molecule has 0 atom stereocenters. The van der Waals surface area contributed by atoms with Crippen LogP contribution in [0.5, 0.6) is 0 Å². The van der Waals surface area contributed by atoms with Crippen LogP contribution in [0.4, 0.5) is 17.1 Å². The zero-order valence-electron chi connectivity index (χ0n) is 24.0. The first-order valence-electron chi connectivity index (χ1n) is 14.7. The summed E-state index contributed by atoms with van der Waals surface area (Å²) >= 11 is 0. The van der Waals surface area contributed by atoms with Crippen LogP contribution >= 0.6 is 10.0 Å². The lowest BCUT2D eigenvalue weighted by atomic mass is 9.95. The van der Waals surface area contributed by atoms with Crippen molar-refractivity contribution in [2.24, 2.45) is 0 Å². The number of pyridine rings is 2. The Bertz CT molecular complexity index is 1920. The number of anilines is 3.